The molecule has 0 aromatic rings. The topological polar surface area (TPSA) is 20.2 Å². The van der Waals surface area contributed by atoms with Crippen LogP contribution in [0.4, 0.5) is 0 Å². The van der Waals surface area contributed by atoms with Crippen molar-refractivity contribution in [2.75, 3.05) is 13.1 Å². The molecule has 0 radical (unpaired) electrons. The van der Waals surface area contributed by atoms with Crippen molar-refractivity contribution in [2.45, 2.75) is 239 Å². The molecule has 2 nitrogen and oxygen atoms in total. The first-order valence-corrected chi connectivity index (χ1v) is 19.7. The van der Waals surface area contributed by atoms with Crippen LogP contribution in [-0.4, -0.2) is 29.0 Å². The number of rotatable bonds is 35. The summed E-state index contributed by atoms with van der Waals surface area (Å²) in [6.07, 6.45) is 45.0. The van der Waals surface area contributed by atoms with Gasteiger partial charge in [0.2, 0.25) is 0 Å². The van der Waals surface area contributed by atoms with Crippen LogP contribution in [0, 0.1) is 0 Å². The molecule has 0 aromatic heterocycles. The Morgan fingerprint density at radius 1 is 0.333 bits per heavy atom. The number of halogens is 1. The molecule has 0 unspecified atom stereocenters. The monoisotopic (exact) mass is 616 g/mol. The average molecular weight is 617 g/mol. The zero-order valence-electron chi connectivity index (χ0n) is 29.9. The highest BCUT2D eigenvalue weighted by Crippen LogP contribution is 2.18. The Balaban J connectivity index is 0. The summed E-state index contributed by atoms with van der Waals surface area (Å²) in [6, 6.07) is 0.322. The van der Waals surface area contributed by atoms with Crippen molar-refractivity contribution in [3.63, 3.8) is 0 Å². The molecule has 3 heteroatoms. The molecule has 0 atom stereocenters. The Morgan fingerprint density at radius 2 is 0.500 bits per heavy atom. The molecule has 0 fully saturated rings. The van der Waals surface area contributed by atoms with Crippen LogP contribution in [0.25, 0.3) is 0 Å². The van der Waals surface area contributed by atoms with Crippen molar-refractivity contribution in [3.05, 3.63) is 0 Å². The van der Waals surface area contributed by atoms with Crippen molar-refractivity contribution in [1.82, 2.24) is 0 Å². The fourth-order valence-electron chi connectivity index (χ4n) is 6.50. The zero-order chi connectivity index (χ0) is 30.1. The van der Waals surface area contributed by atoms with E-state index >= 15 is 0 Å². The molecule has 0 amide bonds. The highest BCUT2D eigenvalue weighted by Gasteiger charge is 2.28. The number of nitrogens with zero attached hydrogens (tertiary/aromatic N) is 1. The molecule has 1 N–H and O–H groups in total. The van der Waals surface area contributed by atoms with E-state index in [1.807, 2.05) is 0 Å². The van der Waals surface area contributed by atoms with E-state index in [0.29, 0.717) is 10.7 Å². The smallest absolute Gasteiger partial charge is 0.113 e. The molecule has 0 saturated heterocycles. The first kappa shape index (κ1) is 44.3. The first-order valence-electron chi connectivity index (χ1n) is 19.7. The molecule has 0 bridgehead atoms. The fraction of sp³-hybridized carbons (Fsp3) is 1.00. The Hall–Kier alpha value is 0.210. The standard InChI is InChI=1S/C39H82NO.ClH/c1-5-7-9-11-13-15-17-19-21-23-25-27-29-31-33-35-37-40(41,39(3)4)38-36-34-32-30-28-26-24-22-20-18-16-14-12-10-8-6-2;/h39,41H,5-38H2,1-4H3;1H/q+1;/p-1. The third-order valence-corrected chi connectivity index (χ3v) is 9.76. The largest absolute Gasteiger partial charge is 1.00 e. The molecule has 0 aliphatic heterocycles. The molecule has 42 heavy (non-hydrogen) atoms. The van der Waals surface area contributed by atoms with Crippen molar-refractivity contribution in [2.24, 2.45) is 0 Å². The minimum Gasteiger partial charge on any atom is -1.00 e. The molecule has 0 aliphatic carbocycles. The Morgan fingerprint density at radius 3 is 0.667 bits per heavy atom. The van der Waals surface area contributed by atoms with Gasteiger partial charge in [0.15, 0.2) is 0 Å². The minimum absolute atomic E-state index is 0. The molecular weight excluding hydrogens is 534 g/mol. The van der Waals surface area contributed by atoms with Crippen molar-refractivity contribution >= 4 is 0 Å². The van der Waals surface area contributed by atoms with E-state index in [0.717, 1.165) is 13.1 Å². The van der Waals surface area contributed by atoms with Gasteiger partial charge in [-0.05, 0) is 39.5 Å². The maximum absolute atomic E-state index is 11.3. The van der Waals surface area contributed by atoms with Gasteiger partial charge in [0.05, 0.1) is 0 Å². The molecule has 0 saturated carbocycles. The maximum atomic E-state index is 11.3. The summed E-state index contributed by atoms with van der Waals surface area (Å²) in [6.45, 7) is 10.9. The van der Waals surface area contributed by atoms with Crippen LogP contribution in [0.3, 0.4) is 0 Å². The van der Waals surface area contributed by atoms with Gasteiger partial charge in [-0.15, -0.1) is 0 Å². The normalized spacial score (nSPS) is 11.9. The van der Waals surface area contributed by atoms with Gasteiger partial charge in [-0.3, -0.25) is 0 Å². The Kier molecular flexibility index (Phi) is 37.7. The Labute approximate surface area is 273 Å². The van der Waals surface area contributed by atoms with Crippen LogP contribution in [0.1, 0.15) is 233 Å². The molecule has 256 valence electrons. The molecule has 0 aliphatic rings. The molecule has 0 heterocycles. The lowest BCUT2D eigenvalue weighted by molar-refractivity contribution is -1.12. The molecule has 0 rings (SSSR count). The second-order valence-electron chi connectivity index (χ2n) is 14.1. The van der Waals surface area contributed by atoms with Crippen LogP contribution in [-0.2, 0) is 0 Å². The van der Waals surface area contributed by atoms with Crippen LogP contribution in [0.2, 0.25) is 0 Å². The van der Waals surface area contributed by atoms with Gasteiger partial charge >= 0.3 is 0 Å². The van der Waals surface area contributed by atoms with E-state index < -0.39 is 0 Å². The van der Waals surface area contributed by atoms with Crippen LogP contribution in [0.15, 0.2) is 0 Å². The summed E-state index contributed by atoms with van der Waals surface area (Å²) in [4.78, 5) is 0. The van der Waals surface area contributed by atoms with Gasteiger partial charge < -0.3 is 12.4 Å². The molecule has 0 spiro atoms. The highest BCUT2D eigenvalue weighted by molar-refractivity contribution is 4.53. The lowest BCUT2D eigenvalue weighted by Crippen LogP contribution is -3.00. The van der Waals surface area contributed by atoms with E-state index in [9.17, 15) is 5.21 Å². The van der Waals surface area contributed by atoms with Crippen molar-refractivity contribution in [1.29, 1.82) is 0 Å². The number of hydrogen-bond donors (Lipinski definition) is 1. The molecular formula is C39H82ClNO. The average Bonchev–Trinajstić information content (AvgIpc) is 2.96. The van der Waals surface area contributed by atoms with Gasteiger partial charge in [-0.25, -0.2) is 5.21 Å². The van der Waals surface area contributed by atoms with Crippen LogP contribution < -0.4 is 12.4 Å². The number of hydrogen-bond acceptors (Lipinski definition) is 1. The predicted molar refractivity (Wildman–Crippen MR) is 186 cm³/mol. The molecule has 0 aromatic carbocycles. The lowest BCUT2D eigenvalue weighted by Gasteiger charge is -2.34. The SMILES string of the molecule is CCCCCCCCCCCCCCCCCC[N+](O)(CCCCCCCCCCCCCCCCCC)C(C)C.[Cl-]. The summed E-state index contributed by atoms with van der Waals surface area (Å²) in [7, 11) is 0. The number of unbranched alkanes of at least 4 members (excludes halogenated alkanes) is 30. The summed E-state index contributed by atoms with van der Waals surface area (Å²) in [5, 5.41) is 11.3. The highest BCUT2D eigenvalue weighted by atomic mass is 35.5. The van der Waals surface area contributed by atoms with Gasteiger partial charge in [-0.1, -0.05) is 194 Å². The number of quaternary nitrogens is 1. The van der Waals surface area contributed by atoms with Gasteiger partial charge in [0.1, 0.15) is 19.1 Å². The van der Waals surface area contributed by atoms with Gasteiger partial charge in [0.25, 0.3) is 0 Å². The van der Waals surface area contributed by atoms with Crippen molar-refractivity contribution < 1.29 is 22.3 Å². The quantitative estimate of drug-likeness (QED) is 0.0427. The van der Waals surface area contributed by atoms with Crippen LogP contribution >= 0.6 is 0 Å². The Bertz CT molecular complexity index is 447. The van der Waals surface area contributed by atoms with Gasteiger partial charge in [0, 0.05) is 0 Å². The summed E-state index contributed by atoms with van der Waals surface area (Å²) >= 11 is 0. The van der Waals surface area contributed by atoms with Gasteiger partial charge in [-0.2, -0.15) is 4.65 Å². The number of hydroxylamine groups is 3. The third kappa shape index (κ3) is 31.6. The fourth-order valence-corrected chi connectivity index (χ4v) is 6.50. The van der Waals surface area contributed by atoms with E-state index in [1.165, 1.54) is 205 Å². The summed E-state index contributed by atoms with van der Waals surface area (Å²) in [5.41, 5.74) is 0. The van der Waals surface area contributed by atoms with E-state index in [-0.39, 0.29) is 12.4 Å². The summed E-state index contributed by atoms with van der Waals surface area (Å²) in [5.74, 6) is 0. The van der Waals surface area contributed by atoms with E-state index in [4.69, 9.17) is 0 Å². The third-order valence-electron chi connectivity index (χ3n) is 9.76. The van der Waals surface area contributed by atoms with Crippen molar-refractivity contribution in [3.8, 4) is 0 Å². The van der Waals surface area contributed by atoms with E-state index in [1.54, 1.807) is 0 Å². The van der Waals surface area contributed by atoms with Crippen LogP contribution in [0.5, 0.6) is 0 Å². The lowest BCUT2D eigenvalue weighted by atomic mass is 10.0. The predicted octanol–water partition coefficient (Wildman–Crippen LogP) is 11.1. The minimum atomic E-state index is 0. The zero-order valence-corrected chi connectivity index (χ0v) is 30.6. The second kappa shape index (κ2) is 35.7. The second-order valence-corrected chi connectivity index (χ2v) is 14.1. The maximum Gasteiger partial charge on any atom is 0.113 e. The summed E-state index contributed by atoms with van der Waals surface area (Å²) < 4.78 is 0.303. The first-order chi connectivity index (χ1) is 20.1. The van der Waals surface area contributed by atoms with E-state index in [2.05, 4.69) is 27.7 Å².